The van der Waals surface area contributed by atoms with Crippen molar-refractivity contribution in [1.29, 1.82) is 0 Å². The van der Waals surface area contributed by atoms with Crippen LogP contribution in [0.25, 0.3) is 0 Å². The molecule has 1 aliphatic heterocycles. The van der Waals surface area contributed by atoms with Crippen LogP contribution >= 0.6 is 11.3 Å². The lowest BCUT2D eigenvalue weighted by atomic mass is 9.87. The minimum atomic E-state index is -0.795. The zero-order valence-electron chi connectivity index (χ0n) is 11.7. The number of carboxylic acid groups (broad SMARTS) is 1. The number of nitrogens with zero attached hydrogens (tertiary/aromatic N) is 1. The van der Waals surface area contributed by atoms with Crippen LogP contribution in [0.5, 0.6) is 0 Å². The highest BCUT2D eigenvalue weighted by Gasteiger charge is 2.40. The number of hydrogen-bond donors (Lipinski definition) is 1. The van der Waals surface area contributed by atoms with Gasteiger partial charge in [-0.2, -0.15) is 0 Å². The van der Waals surface area contributed by atoms with Crippen molar-refractivity contribution in [1.82, 2.24) is 4.90 Å². The highest BCUT2D eigenvalue weighted by Crippen LogP contribution is 2.39. The Morgan fingerprint density at radius 3 is 2.90 bits per heavy atom. The van der Waals surface area contributed by atoms with Crippen LogP contribution in [-0.4, -0.2) is 28.4 Å². The molecule has 1 aromatic heterocycles. The predicted molar refractivity (Wildman–Crippen MR) is 78.7 cm³/mol. The summed E-state index contributed by atoms with van der Waals surface area (Å²) in [6.45, 7) is 2.79. The third kappa shape index (κ3) is 3.20. The normalized spacial score (nSPS) is 23.1. The molecule has 1 aromatic rings. The minimum absolute atomic E-state index is 0.0944. The van der Waals surface area contributed by atoms with Gasteiger partial charge in [0.05, 0.1) is 12.0 Å². The SMILES string of the molecule is CCCCCN1C(=O)CCC(C(=O)O)C1c1cccs1. The van der Waals surface area contributed by atoms with E-state index >= 15 is 0 Å². The van der Waals surface area contributed by atoms with E-state index in [9.17, 15) is 14.7 Å². The first kappa shape index (κ1) is 15.0. The van der Waals surface area contributed by atoms with Gasteiger partial charge in [0.25, 0.3) is 0 Å². The van der Waals surface area contributed by atoms with Gasteiger partial charge < -0.3 is 10.0 Å². The number of piperidine rings is 1. The number of thiophene rings is 1. The summed E-state index contributed by atoms with van der Waals surface area (Å²) in [6, 6.07) is 3.57. The van der Waals surface area contributed by atoms with Gasteiger partial charge in [-0.3, -0.25) is 9.59 Å². The van der Waals surface area contributed by atoms with Gasteiger partial charge in [-0.1, -0.05) is 25.8 Å². The second kappa shape index (κ2) is 6.88. The Bertz CT molecular complexity index is 458. The number of unbranched alkanes of at least 4 members (excludes halogenated alkanes) is 2. The fourth-order valence-corrected chi connectivity index (χ4v) is 3.72. The van der Waals surface area contributed by atoms with Crippen molar-refractivity contribution in [3.05, 3.63) is 22.4 Å². The van der Waals surface area contributed by atoms with E-state index in [0.717, 1.165) is 24.1 Å². The molecular formula is C15H21NO3S. The number of hydrogen-bond acceptors (Lipinski definition) is 3. The van der Waals surface area contributed by atoms with E-state index in [2.05, 4.69) is 6.92 Å². The second-order valence-electron chi connectivity index (χ2n) is 5.24. The van der Waals surface area contributed by atoms with E-state index in [1.165, 1.54) is 11.3 Å². The fraction of sp³-hybridized carbons (Fsp3) is 0.600. The molecule has 0 bridgehead atoms. The Hall–Kier alpha value is -1.36. The van der Waals surface area contributed by atoms with Gasteiger partial charge in [0.2, 0.25) is 5.91 Å². The molecule has 1 saturated heterocycles. The van der Waals surface area contributed by atoms with Crippen molar-refractivity contribution in [2.24, 2.45) is 5.92 Å². The molecule has 20 heavy (non-hydrogen) atoms. The maximum Gasteiger partial charge on any atom is 0.308 e. The first-order valence-electron chi connectivity index (χ1n) is 7.20. The summed E-state index contributed by atoms with van der Waals surface area (Å²) >= 11 is 1.54. The van der Waals surface area contributed by atoms with Gasteiger partial charge in [0.1, 0.15) is 0 Å². The van der Waals surface area contributed by atoms with E-state index < -0.39 is 11.9 Å². The number of carboxylic acids is 1. The summed E-state index contributed by atoms with van der Waals surface area (Å²) < 4.78 is 0. The molecule has 1 fully saturated rings. The van der Waals surface area contributed by atoms with E-state index in [-0.39, 0.29) is 11.9 Å². The molecule has 1 aliphatic rings. The quantitative estimate of drug-likeness (QED) is 0.819. The van der Waals surface area contributed by atoms with Crippen LogP contribution in [0, 0.1) is 5.92 Å². The molecule has 0 aliphatic carbocycles. The summed E-state index contributed by atoms with van der Waals surface area (Å²) in [6.07, 6.45) is 3.90. The standard InChI is InChI=1S/C15H21NO3S/c1-2-3-4-9-16-13(17)8-7-11(15(18)19)14(16)12-6-5-10-20-12/h5-6,10-11,14H,2-4,7-9H2,1H3,(H,18,19). The van der Waals surface area contributed by atoms with Gasteiger partial charge in [-0.05, 0) is 24.3 Å². The van der Waals surface area contributed by atoms with Crippen LogP contribution in [0.1, 0.15) is 49.9 Å². The largest absolute Gasteiger partial charge is 0.481 e. The van der Waals surface area contributed by atoms with Gasteiger partial charge >= 0.3 is 5.97 Å². The van der Waals surface area contributed by atoms with Crippen molar-refractivity contribution >= 4 is 23.2 Å². The monoisotopic (exact) mass is 295 g/mol. The summed E-state index contributed by atoms with van der Waals surface area (Å²) in [7, 11) is 0. The van der Waals surface area contributed by atoms with Crippen molar-refractivity contribution in [2.45, 2.75) is 45.1 Å². The molecule has 0 saturated carbocycles. The third-order valence-electron chi connectivity index (χ3n) is 3.86. The van der Waals surface area contributed by atoms with E-state index in [4.69, 9.17) is 0 Å². The van der Waals surface area contributed by atoms with Crippen LogP contribution in [0.2, 0.25) is 0 Å². The van der Waals surface area contributed by atoms with Gasteiger partial charge in [0.15, 0.2) is 0 Å². The smallest absolute Gasteiger partial charge is 0.308 e. The summed E-state index contributed by atoms with van der Waals surface area (Å²) in [5.41, 5.74) is 0. The molecule has 2 atom stereocenters. The van der Waals surface area contributed by atoms with E-state index in [1.54, 1.807) is 4.90 Å². The average molecular weight is 295 g/mol. The van der Waals surface area contributed by atoms with Crippen molar-refractivity contribution in [2.75, 3.05) is 6.54 Å². The number of aliphatic carboxylic acids is 1. The van der Waals surface area contributed by atoms with Crippen LogP contribution < -0.4 is 0 Å². The molecule has 2 rings (SSSR count). The Balaban J connectivity index is 2.22. The molecule has 0 aromatic carbocycles. The van der Waals surface area contributed by atoms with Crippen LogP contribution in [0.3, 0.4) is 0 Å². The highest BCUT2D eigenvalue weighted by atomic mass is 32.1. The lowest BCUT2D eigenvalue weighted by Crippen LogP contribution is -2.45. The minimum Gasteiger partial charge on any atom is -0.481 e. The number of carbonyl (C=O) groups excluding carboxylic acids is 1. The van der Waals surface area contributed by atoms with E-state index in [1.807, 2.05) is 17.5 Å². The Labute approximate surface area is 123 Å². The molecule has 0 radical (unpaired) electrons. The van der Waals surface area contributed by atoms with E-state index in [0.29, 0.717) is 19.4 Å². The number of carbonyl (C=O) groups is 2. The topological polar surface area (TPSA) is 57.6 Å². The average Bonchev–Trinajstić information content (AvgIpc) is 2.93. The molecule has 0 spiro atoms. The van der Waals surface area contributed by atoms with Gasteiger partial charge in [0, 0.05) is 17.8 Å². The molecular weight excluding hydrogens is 274 g/mol. The molecule has 5 heteroatoms. The first-order chi connectivity index (χ1) is 9.65. The maximum absolute atomic E-state index is 12.2. The Morgan fingerprint density at radius 2 is 2.30 bits per heavy atom. The molecule has 1 amide bonds. The lowest BCUT2D eigenvalue weighted by molar-refractivity contribution is -0.152. The number of likely N-dealkylation sites (tertiary alicyclic amines) is 1. The summed E-state index contributed by atoms with van der Waals surface area (Å²) in [4.78, 5) is 26.5. The second-order valence-corrected chi connectivity index (χ2v) is 6.22. The molecule has 2 heterocycles. The molecule has 110 valence electrons. The highest BCUT2D eigenvalue weighted by molar-refractivity contribution is 7.10. The maximum atomic E-state index is 12.2. The first-order valence-corrected chi connectivity index (χ1v) is 8.08. The summed E-state index contributed by atoms with van der Waals surface area (Å²) in [5.74, 6) is -1.18. The molecule has 4 nitrogen and oxygen atoms in total. The number of rotatable bonds is 6. The molecule has 1 N–H and O–H groups in total. The Morgan fingerprint density at radius 1 is 1.50 bits per heavy atom. The number of amides is 1. The zero-order chi connectivity index (χ0) is 14.5. The fourth-order valence-electron chi connectivity index (χ4n) is 2.82. The van der Waals surface area contributed by atoms with Crippen LogP contribution in [0.15, 0.2) is 17.5 Å². The molecule has 2 unspecified atom stereocenters. The van der Waals surface area contributed by atoms with Crippen LogP contribution in [0.4, 0.5) is 0 Å². The zero-order valence-corrected chi connectivity index (χ0v) is 12.6. The Kier molecular flexibility index (Phi) is 5.17. The van der Waals surface area contributed by atoms with Crippen LogP contribution in [-0.2, 0) is 9.59 Å². The van der Waals surface area contributed by atoms with Crippen molar-refractivity contribution < 1.29 is 14.7 Å². The lowest BCUT2D eigenvalue weighted by Gasteiger charge is -2.39. The summed E-state index contributed by atoms with van der Waals surface area (Å²) in [5, 5.41) is 11.4. The van der Waals surface area contributed by atoms with Crippen molar-refractivity contribution in [3.8, 4) is 0 Å². The van der Waals surface area contributed by atoms with Gasteiger partial charge in [-0.25, -0.2) is 0 Å². The predicted octanol–water partition coefficient (Wildman–Crippen LogP) is 3.30. The van der Waals surface area contributed by atoms with Gasteiger partial charge in [-0.15, -0.1) is 11.3 Å². The van der Waals surface area contributed by atoms with Crippen molar-refractivity contribution in [3.63, 3.8) is 0 Å². The third-order valence-corrected chi connectivity index (χ3v) is 4.80.